The van der Waals surface area contributed by atoms with Crippen LogP contribution in [0.15, 0.2) is 17.5 Å². The molecule has 0 saturated heterocycles. The minimum absolute atomic E-state index is 0.0524. The fourth-order valence-electron chi connectivity index (χ4n) is 0.899. The van der Waals surface area contributed by atoms with E-state index in [0.717, 1.165) is 0 Å². The maximum Gasteiger partial charge on any atom is 0.317 e. The normalized spacial score (nSPS) is 9.50. The fraction of sp³-hybridized carbons (Fsp3) is 0.375. The lowest BCUT2D eigenvalue weighted by Crippen LogP contribution is -2.34. The van der Waals surface area contributed by atoms with Gasteiger partial charge in [0, 0.05) is 19.0 Å². The number of rotatable bonds is 2. The second-order valence-electron chi connectivity index (χ2n) is 2.49. The third kappa shape index (κ3) is 2.23. The van der Waals surface area contributed by atoms with Gasteiger partial charge >= 0.3 is 6.03 Å². The van der Waals surface area contributed by atoms with Gasteiger partial charge in [0.05, 0.1) is 6.54 Å². The summed E-state index contributed by atoms with van der Waals surface area (Å²) in [5.74, 6) is 0. The molecule has 4 heteroatoms. The van der Waals surface area contributed by atoms with Gasteiger partial charge in [0.15, 0.2) is 0 Å². The zero-order valence-electron chi connectivity index (χ0n) is 7.20. The Hall–Kier alpha value is -1.03. The first-order valence-electron chi connectivity index (χ1n) is 3.69. The lowest BCUT2D eigenvalue weighted by Gasteiger charge is -2.14. The van der Waals surface area contributed by atoms with Crippen LogP contribution in [0.4, 0.5) is 4.79 Å². The maximum absolute atomic E-state index is 11.1. The van der Waals surface area contributed by atoms with Crippen LogP contribution in [0.25, 0.3) is 0 Å². The number of carbonyl (C=O) groups is 1. The predicted molar refractivity (Wildman–Crippen MR) is 50.2 cm³/mol. The summed E-state index contributed by atoms with van der Waals surface area (Å²) in [5, 5.41) is 4.58. The number of amides is 2. The largest absolute Gasteiger partial charge is 0.341 e. The van der Waals surface area contributed by atoms with Crippen molar-refractivity contribution >= 4 is 17.4 Å². The second kappa shape index (κ2) is 4.11. The summed E-state index contributed by atoms with van der Waals surface area (Å²) in [6.45, 7) is 0.678. The Bertz CT molecular complexity index is 246. The Labute approximate surface area is 76.0 Å². The number of hydrogen-bond acceptors (Lipinski definition) is 2. The molecular formula is C8H12N2OS. The molecule has 1 rings (SSSR count). The lowest BCUT2D eigenvalue weighted by atomic mass is 10.4. The number of carbonyl (C=O) groups excluding carboxylic acids is 1. The number of hydrogen-bond donors (Lipinski definition) is 1. The van der Waals surface area contributed by atoms with E-state index in [1.165, 1.54) is 4.88 Å². The highest BCUT2D eigenvalue weighted by Crippen LogP contribution is 2.10. The molecule has 0 radical (unpaired) electrons. The van der Waals surface area contributed by atoms with Crippen LogP contribution in [0.2, 0.25) is 0 Å². The molecule has 3 nitrogen and oxygen atoms in total. The molecule has 0 saturated carbocycles. The summed E-state index contributed by atoms with van der Waals surface area (Å²) in [4.78, 5) is 13.9. The van der Waals surface area contributed by atoms with Crippen LogP contribution in [0.5, 0.6) is 0 Å². The predicted octanol–water partition coefficient (Wildman–Crippen LogP) is 1.52. The van der Waals surface area contributed by atoms with Crippen molar-refractivity contribution in [1.82, 2.24) is 10.2 Å². The third-order valence-corrected chi connectivity index (χ3v) is 2.39. The molecule has 0 aliphatic heterocycles. The van der Waals surface area contributed by atoms with Gasteiger partial charge < -0.3 is 10.2 Å². The van der Waals surface area contributed by atoms with Crippen LogP contribution >= 0.6 is 11.3 Å². The first kappa shape index (κ1) is 9.06. The first-order chi connectivity index (χ1) is 5.74. The van der Waals surface area contributed by atoms with Crippen LogP contribution in [0, 0.1) is 0 Å². The van der Waals surface area contributed by atoms with Gasteiger partial charge in [-0.05, 0) is 11.4 Å². The van der Waals surface area contributed by atoms with E-state index in [0.29, 0.717) is 6.54 Å². The highest BCUT2D eigenvalue weighted by Gasteiger charge is 2.05. The number of thiophene rings is 1. The lowest BCUT2D eigenvalue weighted by molar-refractivity contribution is 0.209. The van der Waals surface area contributed by atoms with Gasteiger partial charge in [-0.15, -0.1) is 11.3 Å². The zero-order chi connectivity index (χ0) is 8.97. The van der Waals surface area contributed by atoms with Crippen molar-refractivity contribution in [2.45, 2.75) is 6.54 Å². The maximum atomic E-state index is 11.1. The summed E-state index contributed by atoms with van der Waals surface area (Å²) in [5.41, 5.74) is 0. The molecule has 66 valence electrons. The van der Waals surface area contributed by atoms with Gasteiger partial charge in [-0.1, -0.05) is 6.07 Å². The molecule has 0 aliphatic rings. The molecule has 1 aromatic heterocycles. The molecule has 0 aromatic carbocycles. The van der Waals surface area contributed by atoms with Gasteiger partial charge in [0.25, 0.3) is 0 Å². The van der Waals surface area contributed by atoms with E-state index in [1.54, 1.807) is 30.3 Å². The molecule has 0 spiro atoms. The molecule has 0 atom stereocenters. The van der Waals surface area contributed by atoms with Gasteiger partial charge in [0.2, 0.25) is 0 Å². The molecule has 0 unspecified atom stereocenters. The van der Waals surface area contributed by atoms with Crippen molar-refractivity contribution in [2.75, 3.05) is 14.1 Å². The van der Waals surface area contributed by atoms with Gasteiger partial charge in [-0.25, -0.2) is 4.79 Å². The molecule has 0 bridgehead atoms. The average Bonchev–Trinajstić information content (AvgIpc) is 2.55. The zero-order valence-corrected chi connectivity index (χ0v) is 8.02. The van der Waals surface area contributed by atoms with Crippen LogP contribution < -0.4 is 5.32 Å². The van der Waals surface area contributed by atoms with Crippen LogP contribution in [-0.2, 0) is 6.54 Å². The summed E-state index contributed by atoms with van der Waals surface area (Å²) in [6, 6.07) is 3.95. The number of nitrogens with one attached hydrogen (secondary N) is 1. The average molecular weight is 184 g/mol. The molecule has 0 aliphatic carbocycles. The van der Waals surface area contributed by atoms with E-state index < -0.39 is 0 Å². The van der Waals surface area contributed by atoms with Crippen LogP contribution in [0.1, 0.15) is 4.88 Å². The molecule has 2 amide bonds. The fourth-order valence-corrected chi connectivity index (χ4v) is 1.66. The van der Waals surface area contributed by atoms with Crippen molar-refractivity contribution in [3.63, 3.8) is 0 Å². The summed E-state index contributed by atoms with van der Waals surface area (Å²) >= 11 is 1.66. The Morgan fingerprint density at radius 2 is 2.50 bits per heavy atom. The highest BCUT2D eigenvalue weighted by molar-refractivity contribution is 7.09. The first-order valence-corrected chi connectivity index (χ1v) is 4.57. The van der Waals surface area contributed by atoms with Gasteiger partial charge in [-0.2, -0.15) is 0 Å². The quantitative estimate of drug-likeness (QED) is 0.742. The molecule has 1 aromatic rings. The smallest absolute Gasteiger partial charge is 0.317 e. The van der Waals surface area contributed by atoms with Crippen LogP contribution in [-0.4, -0.2) is 25.0 Å². The van der Waals surface area contributed by atoms with Gasteiger partial charge in [-0.3, -0.25) is 0 Å². The van der Waals surface area contributed by atoms with E-state index in [1.807, 2.05) is 17.5 Å². The Morgan fingerprint density at radius 3 is 3.00 bits per heavy atom. The molecule has 1 N–H and O–H groups in total. The number of urea groups is 1. The van der Waals surface area contributed by atoms with E-state index >= 15 is 0 Å². The van der Waals surface area contributed by atoms with Crippen molar-refractivity contribution in [3.05, 3.63) is 22.4 Å². The molecule has 12 heavy (non-hydrogen) atoms. The third-order valence-electron chi connectivity index (χ3n) is 1.53. The monoisotopic (exact) mass is 184 g/mol. The van der Waals surface area contributed by atoms with Crippen molar-refractivity contribution < 1.29 is 4.79 Å². The minimum Gasteiger partial charge on any atom is -0.341 e. The van der Waals surface area contributed by atoms with Crippen LogP contribution in [0.3, 0.4) is 0 Å². The number of nitrogens with zero attached hydrogens (tertiary/aromatic N) is 1. The highest BCUT2D eigenvalue weighted by atomic mass is 32.1. The van der Waals surface area contributed by atoms with E-state index in [2.05, 4.69) is 5.32 Å². The Kier molecular flexibility index (Phi) is 3.10. The van der Waals surface area contributed by atoms with Crippen molar-refractivity contribution in [2.24, 2.45) is 0 Å². The van der Waals surface area contributed by atoms with E-state index in [4.69, 9.17) is 0 Å². The topological polar surface area (TPSA) is 32.3 Å². The Morgan fingerprint density at radius 1 is 1.75 bits per heavy atom. The van der Waals surface area contributed by atoms with Gasteiger partial charge in [0.1, 0.15) is 0 Å². The summed E-state index contributed by atoms with van der Waals surface area (Å²) < 4.78 is 0. The standard InChI is InChI=1S/C8H12N2OS/c1-9-8(11)10(2)6-7-4-3-5-12-7/h3-5H,6H2,1-2H3,(H,9,11). The molecule has 1 heterocycles. The van der Waals surface area contributed by atoms with E-state index in [-0.39, 0.29) is 6.03 Å². The molecular weight excluding hydrogens is 172 g/mol. The Balaban J connectivity index is 2.47. The van der Waals surface area contributed by atoms with Crippen molar-refractivity contribution in [3.8, 4) is 0 Å². The SMILES string of the molecule is CNC(=O)N(C)Cc1cccs1. The van der Waals surface area contributed by atoms with E-state index in [9.17, 15) is 4.79 Å². The summed E-state index contributed by atoms with van der Waals surface area (Å²) in [6.07, 6.45) is 0. The minimum atomic E-state index is -0.0524. The van der Waals surface area contributed by atoms with Crippen molar-refractivity contribution in [1.29, 1.82) is 0 Å². The second-order valence-corrected chi connectivity index (χ2v) is 3.52. The summed E-state index contributed by atoms with van der Waals surface area (Å²) in [7, 11) is 3.41. The molecule has 0 fully saturated rings.